The van der Waals surface area contributed by atoms with E-state index in [1.807, 2.05) is 0 Å². The molecule has 0 aliphatic heterocycles. The molecular weight excluding hydrogens is 576 g/mol. The van der Waals surface area contributed by atoms with E-state index in [-0.39, 0.29) is 0 Å². The first-order valence-electron chi connectivity index (χ1n) is 16.9. The first kappa shape index (κ1) is 31.7. The van der Waals surface area contributed by atoms with E-state index in [2.05, 4.69) is 172 Å². The van der Waals surface area contributed by atoms with E-state index in [1.54, 1.807) is 0 Å². The van der Waals surface area contributed by atoms with Crippen molar-refractivity contribution < 1.29 is 0 Å². The first-order valence-corrected chi connectivity index (χ1v) is 21.9. The van der Waals surface area contributed by atoms with Crippen molar-refractivity contribution in [3.05, 3.63) is 157 Å². The third-order valence-electron chi connectivity index (χ3n) is 10.3. The molecule has 6 rings (SSSR count). The third-order valence-corrected chi connectivity index (χ3v) is 15.6. The lowest BCUT2D eigenvalue weighted by Gasteiger charge is -2.29. The lowest BCUT2D eigenvalue weighted by molar-refractivity contribution is 0.575. The van der Waals surface area contributed by atoms with Crippen molar-refractivity contribution in [3.63, 3.8) is 0 Å². The van der Waals surface area contributed by atoms with Crippen molar-refractivity contribution in [1.82, 2.24) is 0 Å². The van der Waals surface area contributed by atoms with E-state index in [1.165, 1.54) is 52.7 Å². The molecule has 2 aliphatic carbocycles. The van der Waals surface area contributed by atoms with E-state index in [0.717, 1.165) is 5.54 Å². The molecule has 0 radical (unpaired) electrons. The summed E-state index contributed by atoms with van der Waals surface area (Å²) in [7, 11) is -1.85. The van der Waals surface area contributed by atoms with Gasteiger partial charge in [0.05, 0.1) is 0 Å². The SMILES string of the molecule is C=C[C@@H]1CC(/C=C/C2CC(/C=C/c3ccccc3)C([Si](C)(C)C)C2)[C@H](c2ccc(P(c3ccccc3)c3ccccc3)cc2)C1. The van der Waals surface area contributed by atoms with Gasteiger partial charge in [0, 0.05) is 8.07 Å². The fourth-order valence-electron chi connectivity index (χ4n) is 7.95. The van der Waals surface area contributed by atoms with Crippen molar-refractivity contribution in [2.45, 2.75) is 56.8 Å². The summed E-state index contributed by atoms with van der Waals surface area (Å²) in [5, 5.41) is 4.24. The Morgan fingerprint density at radius 1 is 0.578 bits per heavy atom. The molecule has 0 aromatic heterocycles. The Morgan fingerprint density at radius 2 is 1.13 bits per heavy atom. The molecule has 2 aliphatic rings. The number of hydrogen-bond acceptors (Lipinski definition) is 0. The summed E-state index contributed by atoms with van der Waals surface area (Å²) in [4.78, 5) is 0. The molecule has 4 aromatic carbocycles. The average Bonchev–Trinajstić information content (AvgIpc) is 3.69. The van der Waals surface area contributed by atoms with Gasteiger partial charge in [-0.3, -0.25) is 0 Å². The molecule has 4 unspecified atom stereocenters. The van der Waals surface area contributed by atoms with Gasteiger partial charge >= 0.3 is 0 Å². The summed E-state index contributed by atoms with van der Waals surface area (Å²) in [6.45, 7) is 11.9. The van der Waals surface area contributed by atoms with E-state index >= 15 is 0 Å². The minimum absolute atomic E-state index is 0.556. The highest BCUT2D eigenvalue weighted by Crippen LogP contribution is 2.49. The number of benzene rings is 4. The topological polar surface area (TPSA) is 0 Å². The van der Waals surface area contributed by atoms with Crippen molar-refractivity contribution in [2.75, 3.05) is 0 Å². The molecule has 45 heavy (non-hydrogen) atoms. The summed E-state index contributed by atoms with van der Waals surface area (Å²) < 4.78 is 0. The maximum absolute atomic E-state index is 4.22. The Bertz CT molecular complexity index is 1530. The summed E-state index contributed by atoms with van der Waals surface area (Å²) in [6, 6.07) is 42.6. The van der Waals surface area contributed by atoms with Gasteiger partial charge in [-0.1, -0.05) is 165 Å². The van der Waals surface area contributed by atoms with Crippen molar-refractivity contribution >= 4 is 38.0 Å². The summed E-state index contributed by atoms with van der Waals surface area (Å²) in [5.74, 6) is 3.09. The molecule has 0 saturated heterocycles. The summed E-state index contributed by atoms with van der Waals surface area (Å²) in [6.07, 6.45) is 17.4. The van der Waals surface area contributed by atoms with Crippen LogP contribution in [0.25, 0.3) is 6.08 Å². The highest BCUT2D eigenvalue weighted by atomic mass is 31.1. The first-order chi connectivity index (χ1) is 21.9. The molecule has 230 valence electrons. The van der Waals surface area contributed by atoms with E-state index in [4.69, 9.17) is 0 Å². The number of allylic oxidation sites excluding steroid dienone is 4. The largest absolute Gasteiger partial charge is 0.103 e. The van der Waals surface area contributed by atoms with Gasteiger partial charge < -0.3 is 0 Å². The highest BCUT2D eigenvalue weighted by Gasteiger charge is 2.40. The Kier molecular flexibility index (Phi) is 10.2. The zero-order valence-corrected chi connectivity index (χ0v) is 29.2. The van der Waals surface area contributed by atoms with Crippen molar-refractivity contribution in [3.8, 4) is 0 Å². The minimum Gasteiger partial charge on any atom is -0.103 e. The van der Waals surface area contributed by atoms with Crippen LogP contribution in [0.4, 0.5) is 0 Å². The van der Waals surface area contributed by atoms with Gasteiger partial charge in [-0.2, -0.15) is 0 Å². The molecule has 0 nitrogen and oxygen atoms in total. The van der Waals surface area contributed by atoms with Crippen LogP contribution < -0.4 is 15.9 Å². The van der Waals surface area contributed by atoms with Crippen LogP contribution in [0.2, 0.25) is 25.2 Å². The fraction of sp³-hybridized carbons (Fsp3) is 0.302. The molecule has 0 N–H and O–H groups in total. The number of rotatable bonds is 10. The summed E-state index contributed by atoms with van der Waals surface area (Å²) in [5.41, 5.74) is 3.65. The maximum Gasteiger partial charge on any atom is 0.0479 e. The Balaban J connectivity index is 1.20. The van der Waals surface area contributed by atoms with E-state index < -0.39 is 16.0 Å². The normalized spacial score (nSPS) is 25.4. The van der Waals surface area contributed by atoms with E-state index in [9.17, 15) is 0 Å². The molecule has 2 heteroatoms. The quantitative estimate of drug-likeness (QED) is 0.0935. The molecular formula is C43H49PSi. The zero-order chi connectivity index (χ0) is 31.2. The minimum atomic E-state index is -1.27. The molecule has 0 amide bonds. The van der Waals surface area contributed by atoms with Crippen LogP contribution >= 0.6 is 7.92 Å². The third kappa shape index (κ3) is 7.77. The second kappa shape index (κ2) is 14.4. The van der Waals surface area contributed by atoms with Crippen LogP contribution in [0.3, 0.4) is 0 Å². The van der Waals surface area contributed by atoms with Crippen LogP contribution in [-0.4, -0.2) is 8.07 Å². The molecule has 2 fully saturated rings. The monoisotopic (exact) mass is 624 g/mol. The van der Waals surface area contributed by atoms with Crippen molar-refractivity contribution in [1.29, 1.82) is 0 Å². The van der Waals surface area contributed by atoms with Crippen LogP contribution in [-0.2, 0) is 0 Å². The Morgan fingerprint density at radius 3 is 1.71 bits per heavy atom. The van der Waals surface area contributed by atoms with Crippen molar-refractivity contribution in [2.24, 2.45) is 23.7 Å². The molecule has 0 heterocycles. The van der Waals surface area contributed by atoms with Gasteiger partial charge in [-0.15, -0.1) is 6.58 Å². The fourth-order valence-corrected chi connectivity index (χ4v) is 12.8. The van der Waals surface area contributed by atoms with E-state index in [0.29, 0.717) is 29.6 Å². The maximum atomic E-state index is 4.22. The van der Waals surface area contributed by atoms with Gasteiger partial charge in [-0.25, -0.2) is 0 Å². The number of hydrogen-bond donors (Lipinski definition) is 0. The van der Waals surface area contributed by atoms with Gasteiger partial charge in [0.2, 0.25) is 0 Å². The molecule has 0 bridgehead atoms. The van der Waals surface area contributed by atoms with Gasteiger partial charge in [-0.05, 0) is 95.8 Å². The molecule has 4 aromatic rings. The standard InChI is InChI=1S/C43H49PSi/c1-5-33-29-37(23-22-35-30-38(43(32-35)45(2,3)4)24-21-34-15-9-6-10-16-34)42(31-33)36-25-27-41(28-26-36)44(39-17-11-7-12-18-39)40-19-13-8-14-20-40/h5-28,33,35,37-38,42-43H,1,29-32H2,2-4H3/b23-22+,24-21+/t33-,35?,37?,38?,42+,43?/m1/s1. The van der Waals surface area contributed by atoms with Crippen LogP contribution in [0, 0.1) is 23.7 Å². The lowest BCUT2D eigenvalue weighted by Crippen LogP contribution is -2.30. The Labute approximate surface area is 274 Å². The molecule has 0 spiro atoms. The highest BCUT2D eigenvalue weighted by molar-refractivity contribution is 7.79. The molecule has 6 atom stereocenters. The predicted molar refractivity (Wildman–Crippen MR) is 202 cm³/mol. The van der Waals surface area contributed by atoms with Crippen LogP contribution in [0.5, 0.6) is 0 Å². The van der Waals surface area contributed by atoms with Gasteiger partial charge in [0.1, 0.15) is 0 Å². The predicted octanol–water partition coefficient (Wildman–Crippen LogP) is 10.7. The second-order valence-electron chi connectivity index (χ2n) is 14.4. The second-order valence-corrected chi connectivity index (χ2v) is 22.1. The lowest BCUT2D eigenvalue weighted by atomic mass is 9.88. The smallest absolute Gasteiger partial charge is 0.0479 e. The molecule has 2 saturated carbocycles. The van der Waals surface area contributed by atoms with Crippen LogP contribution in [0.1, 0.15) is 42.7 Å². The summed E-state index contributed by atoms with van der Waals surface area (Å²) >= 11 is 0. The zero-order valence-electron chi connectivity index (χ0n) is 27.3. The van der Waals surface area contributed by atoms with Gasteiger partial charge in [0.25, 0.3) is 0 Å². The average molecular weight is 625 g/mol. The van der Waals surface area contributed by atoms with Crippen LogP contribution in [0.15, 0.2) is 146 Å². The Hall–Kier alpha value is -3.25. The van der Waals surface area contributed by atoms with Gasteiger partial charge in [0.15, 0.2) is 0 Å².